The summed E-state index contributed by atoms with van der Waals surface area (Å²) in [5.41, 5.74) is 0.849. The van der Waals surface area contributed by atoms with Gasteiger partial charge in [0.1, 0.15) is 0 Å². The summed E-state index contributed by atoms with van der Waals surface area (Å²) in [5.74, 6) is -0.487. The maximum atomic E-state index is 12.3. The molecule has 3 heteroatoms. The molecule has 0 radical (unpaired) electrons. The van der Waals surface area contributed by atoms with Crippen molar-refractivity contribution in [2.75, 3.05) is 0 Å². The first-order valence-electron chi connectivity index (χ1n) is 3.47. The van der Waals surface area contributed by atoms with Crippen molar-refractivity contribution >= 4 is 0 Å². The van der Waals surface area contributed by atoms with Crippen molar-refractivity contribution in [1.29, 1.82) is 0 Å². The molecule has 1 aromatic heterocycles. The lowest BCUT2D eigenvalue weighted by atomic mass is 10.1. The lowest BCUT2D eigenvalue weighted by Crippen LogP contribution is -2.04. The molecule has 0 saturated carbocycles. The summed E-state index contributed by atoms with van der Waals surface area (Å²) in [7, 11) is 0. The molecular formula is C8H10FNO. The zero-order valence-corrected chi connectivity index (χ0v) is 6.29. The summed E-state index contributed by atoms with van der Waals surface area (Å²) in [6, 6.07) is 2.91. The second-order valence-electron chi connectivity index (χ2n) is 2.54. The molecule has 1 aromatic rings. The summed E-state index contributed by atoms with van der Waals surface area (Å²) in [4.78, 5) is 3.45. The number of hydrogen-bond acceptors (Lipinski definition) is 2. The molecule has 0 unspecified atom stereocenters. The smallest absolute Gasteiger partial charge is 0.212 e. The van der Waals surface area contributed by atoms with Crippen LogP contribution < -0.4 is 0 Å². The first-order valence-corrected chi connectivity index (χ1v) is 3.47. The van der Waals surface area contributed by atoms with Gasteiger partial charge >= 0.3 is 0 Å². The number of aliphatic hydroxyl groups excluding tert-OH is 1. The Kier molecular flexibility index (Phi) is 2.54. The minimum atomic E-state index is -0.487. The van der Waals surface area contributed by atoms with E-state index >= 15 is 0 Å². The van der Waals surface area contributed by atoms with E-state index in [0.29, 0.717) is 6.42 Å². The average Bonchev–Trinajstić information content (AvgIpc) is 1.93. The van der Waals surface area contributed by atoms with Crippen molar-refractivity contribution in [2.24, 2.45) is 0 Å². The van der Waals surface area contributed by atoms with Crippen molar-refractivity contribution < 1.29 is 9.50 Å². The molecule has 0 aliphatic rings. The first-order chi connectivity index (χ1) is 5.18. The Balaban J connectivity index is 2.66. The predicted octanol–water partition coefficient (Wildman–Crippen LogP) is 1.14. The highest BCUT2D eigenvalue weighted by molar-refractivity contribution is 5.09. The second-order valence-corrected chi connectivity index (χ2v) is 2.54. The van der Waals surface area contributed by atoms with Gasteiger partial charge in [-0.25, -0.2) is 4.98 Å². The highest BCUT2D eigenvalue weighted by Crippen LogP contribution is 2.02. The molecule has 0 spiro atoms. The number of hydrogen-bond donors (Lipinski definition) is 1. The molecule has 60 valence electrons. The molecule has 0 fully saturated rings. The van der Waals surface area contributed by atoms with E-state index in [1.807, 2.05) is 0 Å². The fourth-order valence-electron chi connectivity index (χ4n) is 0.868. The van der Waals surface area contributed by atoms with Crippen LogP contribution in [-0.4, -0.2) is 16.2 Å². The molecule has 0 saturated heterocycles. The van der Waals surface area contributed by atoms with Gasteiger partial charge in [-0.1, -0.05) is 6.07 Å². The molecule has 0 aliphatic carbocycles. The van der Waals surface area contributed by atoms with Gasteiger partial charge in [-0.2, -0.15) is 4.39 Å². The molecule has 0 aliphatic heterocycles. The SMILES string of the molecule is C[C@@H](O)Cc1ccc(F)nc1. The molecule has 1 atom stereocenters. The maximum absolute atomic E-state index is 12.3. The summed E-state index contributed by atoms with van der Waals surface area (Å²) in [6.45, 7) is 1.68. The van der Waals surface area contributed by atoms with Gasteiger partial charge in [0.05, 0.1) is 6.10 Å². The highest BCUT2D eigenvalue weighted by atomic mass is 19.1. The molecule has 0 bridgehead atoms. The quantitative estimate of drug-likeness (QED) is 0.650. The van der Waals surface area contributed by atoms with E-state index in [1.165, 1.54) is 12.3 Å². The number of halogens is 1. The van der Waals surface area contributed by atoms with Crippen LogP contribution >= 0.6 is 0 Å². The Morgan fingerprint density at radius 3 is 2.82 bits per heavy atom. The van der Waals surface area contributed by atoms with Gasteiger partial charge < -0.3 is 5.11 Å². The van der Waals surface area contributed by atoms with Crippen LogP contribution in [0.2, 0.25) is 0 Å². The van der Waals surface area contributed by atoms with E-state index in [0.717, 1.165) is 5.56 Å². The summed E-state index contributed by atoms with van der Waals surface area (Å²) in [6.07, 6.45) is 1.55. The number of rotatable bonds is 2. The van der Waals surface area contributed by atoms with Gasteiger partial charge in [0.25, 0.3) is 0 Å². The first kappa shape index (κ1) is 8.14. The Bertz CT molecular complexity index is 220. The Labute approximate surface area is 64.7 Å². The van der Waals surface area contributed by atoms with E-state index < -0.39 is 12.1 Å². The van der Waals surface area contributed by atoms with Crippen molar-refractivity contribution in [1.82, 2.24) is 4.98 Å². The molecule has 11 heavy (non-hydrogen) atoms. The summed E-state index contributed by atoms with van der Waals surface area (Å²) < 4.78 is 12.3. The largest absolute Gasteiger partial charge is 0.393 e. The van der Waals surface area contributed by atoms with Gasteiger partial charge in [0, 0.05) is 6.20 Å². The third-order valence-electron chi connectivity index (χ3n) is 1.32. The van der Waals surface area contributed by atoms with Crippen molar-refractivity contribution in [2.45, 2.75) is 19.4 Å². The maximum Gasteiger partial charge on any atom is 0.212 e. The van der Waals surface area contributed by atoms with Gasteiger partial charge in [0.15, 0.2) is 0 Å². The van der Waals surface area contributed by atoms with Crippen molar-refractivity contribution in [3.63, 3.8) is 0 Å². The molecule has 0 amide bonds. The van der Waals surface area contributed by atoms with E-state index in [1.54, 1.807) is 13.0 Å². The van der Waals surface area contributed by atoms with E-state index in [-0.39, 0.29) is 0 Å². The van der Waals surface area contributed by atoms with Crippen LogP contribution in [0.3, 0.4) is 0 Å². The van der Waals surface area contributed by atoms with E-state index in [4.69, 9.17) is 5.11 Å². The van der Waals surface area contributed by atoms with E-state index in [2.05, 4.69) is 4.98 Å². The van der Waals surface area contributed by atoms with Crippen molar-refractivity contribution in [3.05, 3.63) is 29.8 Å². The summed E-state index contributed by atoms with van der Waals surface area (Å²) in [5, 5.41) is 8.95. The molecule has 1 N–H and O–H groups in total. The molecule has 0 aromatic carbocycles. The normalized spacial score (nSPS) is 13.0. The Morgan fingerprint density at radius 1 is 1.64 bits per heavy atom. The summed E-state index contributed by atoms with van der Waals surface area (Å²) >= 11 is 0. The van der Waals surface area contributed by atoms with Crippen LogP contribution in [0, 0.1) is 5.95 Å². The number of nitrogens with zero attached hydrogens (tertiary/aromatic N) is 1. The van der Waals surface area contributed by atoms with Crippen LogP contribution in [0.15, 0.2) is 18.3 Å². The second kappa shape index (κ2) is 3.44. The van der Waals surface area contributed by atoms with Crippen LogP contribution in [0.5, 0.6) is 0 Å². The molecule has 1 rings (SSSR count). The van der Waals surface area contributed by atoms with E-state index in [9.17, 15) is 4.39 Å². The Morgan fingerprint density at radius 2 is 2.36 bits per heavy atom. The molecular weight excluding hydrogens is 145 g/mol. The topological polar surface area (TPSA) is 33.1 Å². The fraction of sp³-hybridized carbons (Fsp3) is 0.375. The number of aliphatic hydroxyl groups is 1. The van der Waals surface area contributed by atoms with Crippen LogP contribution in [0.4, 0.5) is 4.39 Å². The third-order valence-corrected chi connectivity index (χ3v) is 1.32. The van der Waals surface area contributed by atoms with Crippen molar-refractivity contribution in [3.8, 4) is 0 Å². The minimum Gasteiger partial charge on any atom is -0.393 e. The number of aromatic nitrogens is 1. The van der Waals surface area contributed by atoms with Gasteiger partial charge in [-0.05, 0) is 25.0 Å². The predicted molar refractivity (Wildman–Crippen MR) is 39.6 cm³/mol. The van der Waals surface area contributed by atoms with Gasteiger partial charge in [-0.15, -0.1) is 0 Å². The number of pyridine rings is 1. The zero-order chi connectivity index (χ0) is 8.27. The highest BCUT2D eigenvalue weighted by Gasteiger charge is 1.98. The zero-order valence-electron chi connectivity index (χ0n) is 6.29. The van der Waals surface area contributed by atoms with Crippen LogP contribution in [-0.2, 0) is 6.42 Å². The minimum absolute atomic E-state index is 0.401. The van der Waals surface area contributed by atoms with Crippen LogP contribution in [0.25, 0.3) is 0 Å². The fourth-order valence-corrected chi connectivity index (χ4v) is 0.868. The molecule has 1 heterocycles. The van der Waals surface area contributed by atoms with Gasteiger partial charge in [-0.3, -0.25) is 0 Å². The third kappa shape index (κ3) is 2.63. The van der Waals surface area contributed by atoms with Crippen LogP contribution in [0.1, 0.15) is 12.5 Å². The molecule has 2 nitrogen and oxygen atoms in total. The lowest BCUT2D eigenvalue weighted by Gasteiger charge is -2.02. The van der Waals surface area contributed by atoms with Gasteiger partial charge in [0.2, 0.25) is 5.95 Å². The lowest BCUT2D eigenvalue weighted by molar-refractivity contribution is 0.195. The average molecular weight is 155 g/mol. The monoisotopic (exact) mass is 155 g/mol. The standard InChI is InChI=1S/C8H10FNO/c1-6(11)4-7-2-3-8(9)10-5-7/h2-3,5-6,11H,4H2,1H3/t6-/m1/s1. The Hall–Kier alpha value is -0.960.